The van der Waals surface area contributed by atoms with Gasteiger partial charge in [0.15, 0.2) is 0 Å². The maximum absolute atomic E-state index is 12.1. The molecule has 2 aromatic rings. The van der Waals surface area contributed by atoms with Crippen LogP contribution in [0.5, 0.6) is 0 Å². The Balaban J connectivity index is 1.96. The molecule has 0 radical (unpaired) electrons. The van der Waals surface area contributed by atoms with Crippen LogP contribution in [0.3, 0.4) is 0 Å². The largest absolute Gasteiger partial charge is 0.376 e. The molecule has 0 saturated heterocycles. The summed E-state index contributed by atoms with van der Waals surface area (Å²) in [6.45, 7) is 6.45. The molecule has 0 unspecified atom stereocenters. The van der Waals surface area contributed by atoms with E-state index in [0.29, 0.717) is 0 Å². The number of hydrogen-bond donors (Lipinski definition) is 2. The molecule has 3 heteroatoms. The van der Waals surface area contributed by atoms with Crippen molar-refractivity contribution in [3.8, 4) is 0 Å². The fraction of sp³-hybridized carbons (Fsp3) is 0.278. The van der Waals surface area contributed by atoms with E-state index in [1.807, 2.05) is 43.3 Å². The molecule has 21 heavy (non-hydrogen) atoms. The first-order valence-electron chi connectivity index (χ1n) is 7.29. The lowest BCUT2D eigenvalue weighted by molar-refractivity contribution is -0.114. The molecule has 0 aliphatic rings. The van der Waals surface area contributed by atoms with Crippen molar-refractivity contribution in [1.82, 2.24) is 0 Å². The highest BCUT2D eigenvalue weighted by atomic mass is 16.1. The van der Waals surface area contributed by atoms with Gasteiger partial charge in [0.05, 0.1) is 6.54 Å². The average Bonchev–Trinajstić information content (AvgIpc) is 2.47. The van der Waals surface area contributed by atoms with E-state index in [-0.39, 0.29) is 12.5 Å². The molecule has 0 heterocycles. The molecule has 0 saturated carbocycles. The summed E-state index contributed by atoms with van der Waals surface area (Å²) in [6, 6.07) is 14.1. The molecule has 0 spiro atoms. The Kier molecular flexibility index (Phi) is 4.99. The summed E-state index contributed by atoms with van der Waals surface area (Å²) in [5, 5.41) is 6.15. The Morgan fingerprint density at radius 3 is 2.52 bits per heavy atom. The van der Waals surface area contributed by atoms with Crippen molar-refractivity contribution in [2.24, 2.45) is 0 Å². The van der Waals surface area contributed by atoms with Crippen LogP contribution in [-0.2, 0) is 11.2 Å². The first kappa shape index (κ1) is 15.1. The number of rotatable bonds is 5. The van der Waals surface area contributed by atoms with Gasteiger partial charge in [-0.1, -0.05) is 42.8 Å². The summed E-state index contributed by atoms with van der Waals surface area (Å²) in [4.78, 5) is 12.1. The van der Waals surface area contributed by atoms with Gasteiger partial charge in [0.1, 0.15) is 0 Å². The molecule has 0 bridgehead atoms. The maximum atomic E-state index is 12.1. The van der Waals surface area contributed by atoms with Crippen LogP contribution in [0.25, 0.3) is 0 Å². The standard InChI is InChI=1S/C18H22N2O/c1-4-15-7-5-6-8-17(15)20-18(21)12-19-16-10-9-13(2)11-14(16)3/h5-11,19H,4,12H2,1-3H3,(H,20,21). The third kappa shape index (κ3) is 4.09. The molecule has 2 aromatic carbocycles. The van der Waals surface area contributed by atoms with Gasteiger partial charge in [-0.05, 0) is 43.5 Å². The molecule has 0 aromatic heterocycles. The number of nitrogens with one attached hydrogen (secondary N) is 2. The number of amides is 1. The van der Waals surface area contributed by atoms with Crippen LogP contribution in [0, 0.1) is 13.8 Å². The van der Waals surface area contributed by atoms with Gasteiger partial charge < -0.3 is 10.6 Å². The Morgan fingerprint density at radius 1 is 1.05 bits per heavy atom. The van der Waals surface area contributed by atoms with Crippen LogP contribution < -0.4 is 10.6 Å². The van der Waals surface area contributed by atoms with Crippen LogP contribution in [0.15, 0.2) is 42.5 Å². The number of anilines is 2. The van der Waals surface area contributed by atoms with E-state index in [9.17, 15) is 4.79 Å². The van der Waals surface area contributed by atoms with Crippen LogP contribution in [0.1, 0.15) is 23.6 Å². The van der Waals surface area contributed by atoms with Crippen molar-refractivity contribution >= 4 is 17.3 Å². The topological polar surface area (TPSA) is 41.1 Å². The average molecular weight is 282 g/mol. The van der Waals surface area contributed by atoms with Crippen molar-refractivity contribution in [1.29, 1.82) is 0 Å². The van der Waals surface area contributed by atoms with Crippen molar-refractivity contribution in [2.75, 3.05) is 17.2 Å². The minimum absolute atomic E-state index is 0.0316. The highest BCUT2D eigenvalue weighted by Crippen LogP contribution is 2.17. The molecule has 2 rings (SSSR count). The summed E-state index contributed by atoms with van der Waals surface area (Å²) in [5.41, 5.74) is 5.42. The first-order chi connectivity index (χ1) is 10.1. The minimum atomic E-state index is -0.0316. The monoisotopic (exact) mass is 282 g/mol. The first-order valence-corrected chi connectivity index (χ1v) is 7.29. The van der Waals surface area contributed by atoms with E-state index in [1.54, 1.807) is 0 Å². The zero-order valence-electron chi connectivity index (χ0n) is 12.9. The second-order valence-electron chi connectivity index (χ2n) is 5.23. The zero-order chi connectivity index (χ0) is 15.2. The third-order valence-electron chi connectivity index (χ3n) is 3.49. The lowest BCUT2D eigenvalue weighted by Gasteiger charge is -2.12. The molecular formula is C18H22N2O. The van der Waals surface area contributed by atoms with Gasteiger partial charge in [0.2, 0.25) is 5.91 Å². The van der Waals surface area contributed by atoms with E-state index in [0.717, 1.165) is 28.9 Å². The normalized spacial score (nSPS) is 10.2. The summed E-state index contributed by atoms with van der Waals surface area (Å²) in [5.74, 6) is -0.0316. The lowest BCUT2D eigenvalue weighted by atomic mass is 10.1. The van der Waals surface area contributed by atoms with E-state index < -0.39 is 0 Å². The quantitative estimate of drug-likeness (QED) is 0.872. The molecule has 0 fully saturated rings. The Bertz CT molecular complexity index is 635. The van der Waals surface area contributed by atoms with Crippen LogP contribution in [0.4, 0.5) is 11.4 Å². The Labute approximate surface area is 126 Å². The predicted octanol–water partition coefficient (Wildman–Crippen LogP) is 3.92. The van der Waals surface area contributed by atoms with Gasteiger partial charge in [0, 0.05) is 11.4 Å². The van der Waals surface area contributed by atoms with Gasteiger partial charge in [-0.15, -0.1) is 0 Å². The van der Waals surface area contributed by atoms with Gasteiger partial charge in [-0.2, -0.15) is 0 Å². The number of hydrogen-bond acceptors (Lipinski definition) is 2. The van der Waals surface area contributed by atoms with E-state index in [2.05, 4.69) is 30.5 Å². The van der Waals surface area contributed by atoms with Crippen molar-refractivity contribution in [3.63, 3.8) is 0 Å². The van der Waals surface area contributed by atoms with Gasteiger partial charge >= 0.3 is 0 Å². The SMILES string of the molecule is CCc1ccccc1NC(=O)CNc1ccc(C)cc1C. The van der Waals surface area contributed by atoms with Crippen molar-refractivity contribution in [2.45, 2.75) is 27.2 Å². The third-order valence-corrected chi connectivity index (χ3v) is 3.49. The lowest BCUT2D eigenvalue weighted by Crippen LogP contribution is -2.22. The molecule has 1 amide bonds. The zero-order valence-corrected chi connectivity index (χ0v) is 12.9. The molecule has 0 aliphatic heterocycles. The summed E-state index contributed by atoms with van der Waals surface area (Å²) < 4.78 is 0. The summed E-state index contributed by atoms with van der Waals surface area (Å²) >= 11 is 0. The highest BCUT2D eigenvalue weighted by Gasteiger charge is 2.06. The number of aryl methyl sites for hydroxylation is 3. The minimum Gasteiger partial charge on any atom is -0.376 e. The number of para-hydroxylation sites is 1. The number of carbonyl (C=O) groups excluding carboxylic acids is 1. The molecule has 0 aliphatic carbocycles. The van der Waals surface area contributed by atoms with Gasteiger partial charge in [-0.25, -0.2) is 0 Å². The molecule has 110 valence electrons. The van der Waals surface area contributed by atoms with Crippen LogP contribution in [-0.4, -0.2) is 12.5 Å². The van der Waals surface area contributed by atoms with Crippen molar-refractivity contribution in [3.05, 3.63) is 59.2 Å². The molecular weight excluding hydrogens is 260 g/mol. The predicted molar refractivity (Wildman–Crippen MR) is 88.9 cm³/mol. The molecule has 2 N–H and O–H groups in total. The summed E-state index contributed by atoms with van der Waals surface area (Å²) in [6.07, 6.45) is 0.904. The fourth-order valence-electron chi connectivity index (χ4n) is 2.33. The Morgan fingerprint density at radius 2 is 1.81 bits per heavy atom. The molecule has 3 nitrogen and oxygen atoms in total. The Hall–Kier alpha value is -2.29. The van der Waals surface area contributed by atoms with E-state index >= 15 is 0 Å². The van der Waals surface area contributed by atoms with Crippen LogP contribution >= 0.6 is 0 Å². The molecule has 0 atom stereocenters. The van der Waals surface area contributed by atoms with E-state index in [4.69, 9.17) is 0 Å². The van der Waals surface area contributed by atoms with Crippen LogP contribution in [0.2, 0.25) is 0 Å². The van der Waals surface area contributed by atoms with Gasteiger partial charge in [0.25, 0.3) is 0 Å². The van der Waals surface area contributed by atoms with Gasteiger partial charge in [-0.3, -0.25) is 4.79 Å². The summed E-state index contributed by atoms with van der Waals surface area (Å²) in [7, 11) is 0. The second-order valence-corrected chi connectivity index (χ2v) is 5.23. The smallest absolute Gasteiger partial charge is 0.243 e. The maximum Gasteiger partial charge on any atom is 0.243 e. The number of carbonyl (C=O) groups is 1. The number of benzene rings is 2. The van der Waals surface area contributed by atoms with E-state index in [1.165, 1.54) is 5.56 Å². The van der Waals surface area contributed by atoms with Crippen molar-refractivity contribution < 1.29 is 4.79 Å². The highest BCUT2D eigenvalue weighted by molar-refractivity contribution is 5.94. The fourth-order valence-corrected chi connectivity index (χ4v) is 2.33. The second kappa shape index (κ2) is 6.93.